The van der Waals surface area contributed by atoms with Gasteiger partial charge in [-0.3, -0.25) is 4.98 Å². The summed E-state index contributed by atoms with van der Waals surface area (Å²) in [4.78, 5) is 3.78. The smallest absolute Gasteiger partial charge is 0.0267 e. The number of hydrogen-bond donors (Lipinski definition) is 0. The van der Waals surface area contributed by atoms with E-state index in [2.05, 4.69) is 11.9 Å². The quantitative estimate of drug-likeness (QED) is 0.573. The highest BCUT2D eigenvalue weighted by molar-refractivity contribution is 4.88. The van der Waals surface area contributed by atoms with Crippen LogP contribution in [0.4, 0.5) is 0 Å². The van der Waals surface area contributed by atoms with Crippen molar-refractivity contribution in [2.24, 2.45) is 5.92 Å². The standard InChI is InChI=1S/C5H5N.C4H8.C2H6/c1-2-4-6-5-3-1;1-4-2-3-4;1-2/h1-5H;4H,2-3H2,1H3;1-2H3. The van der Waals surface area contributed by atoms with E-state index in [9.17, 15) is 0 Å². The van der Waals surface area contributed by atoms with E-state index in [1.165, 1.54) is 12.8 Å². The first-order chi connectivity index (χ1) is 5.89. The van der Waals surface area contributed by atoms with Crippen LogP contribution in [0.15, 0.2) is 30.6 Å². The highest BCUT2D eigenvalue weighted by atomic mass is 14.6. The SMILES string of the molecule is CC.CC1CC1.c1ccncc1. The zero-order valence-corrected chi connectivity index (χ0v) is 8.33. The predicted octanol–water partition coefficient (Wildman–Crippen LogP) is 3.52. The molecule has 0 aromatic carbocycles. The minimum absolute atomic E-state index is 1.08. The van der Waals surface area contributed by atoms with Crippen LogP contribution in [-0.2, 0) is 0 Å². The summed E-state index contributed by atoms with van der Waals surface area (Å²) in [6.07, 6.45) is 6.47. The second-order valence-electron chi connectivity index (χ2n) is 2.71. The van der Waals surface area contributed by atoms with Gasteiger partial charge >= 0.3 is 0 Å². The summed E-state index contributed by atoms with van der Waals surface area (Å²) in [5, 5.41) is 0. The van der Waals surface area contributed by atoms with Crippen molar-refractivity contribution >= 4 is 0 Å². The average molecular weight is 165 g/mol. The molecule has 0 N–H and O–H groups in total. The van der Waals surface area contributed by atoms with Gasteiger partial charge in [-0.1, -0.05) is 39.7 Å². The lowest BCUT2D eigenvalue weighted by Crippen LogP contribution is -1.58. The molecule has 1 aliphatic rings. The Kier molecular flexibility index (Phi) is 7.66. The van der Waals surface area contributed by atoms with Crippen molar-refractivity contribution in [2.75, 3.05) is 0 Å². The largest absolute Gasteiger partial charge is 0.265 e. The van der Waals surface area contributed by atoms with Crippen LogP contribution in [0.25, 0.3) is 0 Å². The molecular formula is C11H19N. The van der Waals surface area contributed by atoms with Gasteiger partial charge in [0.2, 0.25) is 0 Å². The molecule has 1 fully saturated rings. The molecule has 0 saturated heterocycles. The van der Waals surface area contributed by atoms with E-state index in [0.29, 0.717) is 0 Å². The van der Waals surface area contributed by atoms with E-state index >= 15 is 0 Å². The molecule has 0 radical (unpaired) electrons. The summed E-state index contributed by atoms with van der Waals surface area (Å²) in [5.41, 5.74) is 0. The maximum atomic E-state index is 3.78. The van der Waals surface area contributed by atoms with Crippen LogP contribution in [0, 0.1) is 5.92 Å². The monoisotopic (exact) mass is 165 g/mol. The molecule has 2 rings (SSSR count). The van der Waals surface area contributed by atoms with Crippen molar-refractivity contribution in [2.45, 2.75) is 33.6 Å². The molecule has 1 nitrogen and oxygen atoms in total. The third-order valence-corrected chi connectivity index (χ3v) is 1.43. The predicted molar refractivity (Wildman–Crippen MR) is 54.0 cm³/mol. The first-order valence-electron chi connectivity index (χ1n) is 4.74. The lowest BCUT2D eigenvalue weighted by atomic mass is 10.5. The third kappa shape index (κ3) is 9.15. The second kappa shape index (κ2) is 8.25. The molecule has 0 aliphatic heterocycles. The number of pyridine rings is 1. The summed E-state index contributed by atoms with van der Waals surface area (Å²) in [6.45, 7) is 6.28. The van der Waals surface area contributed by atoms with Gasteiger partial charge in [0.15, 0.2) is 0 Å². The van der Waals surface area contributed by atoms with Crippen LogP contribution < -0.4 is 0 Å². The molecule has 1 aliphatic carbocycles. The Morgan fingerprint density at radius 1 is 1.00 bits per heavy atom. The van der Waals surface area contributed by atoms with E-state index < -0.39 is 0 Å². The first-order valence-corrected chi connectivity index (χ1v) is 4.74. The molecule has 1 saturated carbocycles. The number of rotatable bonds is 0. The Labute approximate surface area is 75.8 Å². The van der Waals surface area contributed by atoms with Crippen molar-refractivity contribution in [3.05, 3.63) is 30.6 Å². The lowest BCUT2D eigenvalue weighted by molar-refractivity contribution is 0.983. The molecule has 1 aromatic heterocycles. The summed E-state index contributed by atoms with van der Waals surface area (Å²) < 4.78 is 0. The van der Waals surface area contributed by atoms with Gasteiger partial charge in [-0.15, -0.1) is 0 Å². The average Bonchev–Trinajstić information content (AvgIpc) is 2.95. The fourth-order valence-electron chi connectivity index (χ4n) is 0.479. The molecule has 0 atom stereocenters. The van der Waals surface area contributed by atoms with Gasteiger partial charge in [-0.05, 0) is 18.1 Å². The van der Waals surface area contributed by atoms with Crippen LogP contribution in [0.5, 0.6) is 0 Å². The maximum absolute atomic E-state index is 3.78. The first kappa shape index (κ1) is 11.2. The lowest BCUT2D eigenvalue weighted by Gasteiger charge is -1.70. The van der Waals surface area contributed by atoms with Crippen molar-refractivity contribution in [3.8, 4) is 0 Å². The van der Waals surface area contributed by atoms with Crippen molar-refractivity contribution in [1.82, 2.24) is 4.98 Å². The summed E-state index contributed by atoms with van der Waals surface area (Å²) in [7, 11) is 0. The zero-order chi connectivity index (χ0) is 9.23. The molecule has 12 heavy (non-hydrogen) atoms. The van der Waals surface area contributed by atoms with Crippen molar-refractivity contribution in [3.63, 3.8) is 0 Å². The van der Waals surface area contributed by atoms with Gasteiger partial charge in [0.25, 0.3) is 0 Å². The fourth-order valence-corrected chi connectivity index (χ4v) is 0.479. The minimum Gasteiger partial charge on any atom is -0.265 e. The molecule has 0 amide bonds. The van der Waals surface area contributed by atoms with Gasteiger partial charge in [-0.25, -0.2) is 0 Å². The van der Waals surface area contributed by atoms with Crippen LogP contribution >= 0.6 is 0 Å². The second-order valence-corrected chi connectivity index (χ2v) is 2.71. The van der Waals surface area contributed by atoms with E-state index in [4.69, 9.17) is 0 Å². The van der Waals surface area contributed by atoms with E-state index in [-0.39, 0.29) is 0 Å². The molecule has 1 heteroatoms. The maximum Gasteiger partial charge on any atom is 0.0267 e. The third-order valence-electron chi connectivity index (χ3n) is 1.43. The van der Waals surface area contributed by atoms with Gasteiger partial charge in [-0.2, -0.15) is 0 Å². The Bertz CT molecular complexity index is 129. The Hall–Kier alpha value is -0.850. The van der Waals surface area contributed by atoms with Crippen LogP contribution in [-0.4, -0.2) is 4.98 Å². The zero-order valence-electron chi connectivity index (χ0n) is 8.33. The fraction of sp³-hybridized carbons (Fsp3) is 0.545. The Morgan fingerprint density at radius 2 is 1.42 bits per heavy atom. The number of nitrogens with zero attached hydrogens (tertiary/aromatic N) is 1. The van der Waals surface area contributed by atoms with E-state index in [1.54, 1.807) is 12.4 Å². The van der Waals surface area contributed by atoms with Gasteiger partial charge in [0.1, 0.15) is 0 Å². The van der Waals surface area contributed by atoms with Crippen LogP contribution in [0.3, 0.4) is 0 Å². The summed E-state index contributed by atoms with van der Waals surface area (Å²) >= 11 is 0. The Morgan fingerprint density at radius 3 is 1.50 bits per heavy atom. The molecule has 0 unspecified atom stereocenters. The molecule has 0 spiro atoms. The topological polar surface area (TPSA) is 12.9 Å². The molecular weight excluding hydrogens is 146 g/mol. The number of hydrogen-bond acceptors (Lipinski definition) is 1. The van der Waals surface area contributed by atoms with Crippen molar-refractivity contribution in [1.29, 1.82) is 0 Å². The van der Waals surface area contributed by atoms with Crippen molar-refractivity contribution < 1.29 is 0 Å². The normalized spacial score (nSPS) is 13.2. The molecule has 1 aromatic rings. The van der Waals surface area contributed by atoms with Gasteiger partial charge < -0.3 is 0 Å². The van der Waals surface area contributed by atoms with Crippen LogP contribution in [0.1, 0.15) is 33.6 Å². The number of aromatic nitrogens is 1. The van der Waals surface area contributed by atoms with Gasteiger partial charge in [0.05, 0.1) is 0 Å². The van der Waals surface area contributed by atoms with Crippen LogP contribution in [0.2, 0.25) is 0 Å². The highest BCUT2D eigenvalue weighted by Crippen LogP contribution is 2.26. The van der Waals surface area contributed by atoms with E-state index in [0.717, 1.165) is 5.92 Å². The Balaban J connectivity index is 0.000000176. The summed E-state index contributed by atoms with van der Waals surface area (Å²) in [5.74, 6) is 1.08. The van der Waals surface area contributed by atoms with Gasteiger partial charge in [0, 0.05) is 12.4 Å². The molecule has 0 bridgehead atoms. The van der Waals surface area contributed by atoms with E-state index in [1.807, 2.05) is 32.0 Å². The molecule has 68 valence electrons. The molecule has 1 heterocycles. The summed E-state index contributed by atoms with van der Waals surface area (Å²) in [6, 6.07) is 5.72. The highest BCUT2D eigenvalue weighted by Gasteiger charge is 2.12. The minimum atomic E-state index is 1.08.